The monoisotopic (exact) mass is 580 g/mol. The fourth-order valence-corrected chi connectivity index (χ4v) is 6.45. The number of halogens is 2. The molecule has 1 unspecified atom stereocenters. The Morgan fingerprint density at radius 1 is 0.846 bits per heavy atom. The number of hydrogen-bond donors (Lipinski definition) is 1. The number of carbonyl (C=O) groups excluding carboxylic acids is 2. The molecule has 0 saturated carbocycles. The zero-order chi connectivity index (χ0) is 27.6. The minimum Gasteiger partial charge on any atom is -0.444 e. The predicted molar refractivity (Wildman–Crippen MR) is 151 cm³/mol. The highest BCUT2D eigenvalue weighted by Crippen LogP contribution is 2.33. The van der Waals surface area contributed by atoms with Crippen molar-refractivity contribution in [1.29, 1.82) is 0 Å². The zero-order valence-electron chi connectivity index (χ0n) is 20.4. The minimum absolute atomic E-state index is 0.0110. The fourth-order valence-electron chi connectivity index (χ4n) is 4.38. The molecule has 0 fully saturated rings. The predicted octanol–water partition coefficient (Wildman–Crippen LogP) is 6.28. The molecule has 1 aliphatic heterocycles. The summed E-state index contributed by atoms with van der Waals surface area (Å²) in [7, 11) is -3.93. The molecular formula is C29H22Cl2N2O5S. The molecule has 0 aromatic heterocycles. The average Bonchev–Trinajstić information content (AvgIpc) is 3.37. The zero-order valence-corrected chi connectivity index (χ0v) is 22.7. The normalized spacial score (nSPS) is 13.4. The van der Waals surface area contributed by atoms with Crippen molar-refractivity contribution in [3.8, 4) is 0 Å². The summed E-state index contributed by atoms with van der Waals surface area (Å²) in [4.78, 5) is 26.4. The van der Waals surface area contributed by atoms with Gasteiger partial charge in [0.25, 0.3) is 15.9 Å². The Kier molecular flexibility index (Phi) is 7.61. The summed E-state index contributed by atoms with van der Waals surface area (Å²) in [5, 5.41) is 3.32. The number of esters is 1. The molecule has 0 saturated heterocycles. The molecule has 1 aliphatic rings. The van der Waals surface area contributed by atoms with Crippen LogP contribution in [0.5, 0.6) is 0 Å². The molecule has 10 heteroatoms. The quantitative estimate of drug-likeness (QED) is 0.260. The maximum atomic E-state index is 13.5. The second-order valence-electron chi connectivity index (χ2n) is 8.83. The highest BCUT2D eigenvalue weighted by molar-refractivity contribution is 7.92. The minimum atomic E-state index is -3.93. The second kappa shape index (κ2) is 11.1. The van der Waals surface area contributed by atoms with Gasteiger partial charge >= 0.3 is 5.97 Å². The van der Waals surface area contributed by atoms with E-state index in [1.165, 1.54) is 46.8 Å². The number of nitrogens with one attached hydrogen (secondary N) is 1. The first-order chi connectivity index (χ1) is 18.7. The number of fused-ring (bicyclic) bond motifs is 1. The van der Waals surface area contributed by atoms with E-state index in [-0.39, 0.29) is 10.5 Å². The largest absolute Gasteiger partial charge is 0.444 e. The highest BCUT2D eigenvalue weighted by Gasteiger charge is 2.32. The Balaban J connectivity index is 1.41. The molecule has 1 heterocycles. The van der Waals surface area contributed by atoms with Crippen LogP contribution in [0.1, 0.15) is 27.6 Å². The van der Waals surface area contributed by atoms with E-state index in [0.717, 1.165) is 5.56 Å². The summed E-state index contributed by atoms with van der Waals surface area (Å²) in [5.74, 6) is -1.49. The van der Waals surface area contributed by atoms with Crippen molar-refractivity contribution in [2.24, 2.45) is 0 Å². The van der Waals surface area contributed by atoms with Crippen LogP contribution in [0.3, 0.4) is 0 Å². The van der Waals surface area contributed by atoms with Gasteiger partial charge in [0.1, 0.15) is 0 Å². The van der Waals surface area contributed by atoms with E-state index in [1.807, 2.05) is 12.1 Å². The second-order valence-corrected chi connectivity index (χ2v) is 11.6. The van der Waals surface area contributed by atoms with Gasteiger partial charge in [-0.3, -0.25) is 9.10 Å². The Labute approximate surface area is 236 Å². The van der Waals surface area contributed by atoms with Crippen molar-refractivity contribution in [3.63, 3.8) is 0 Å². The molecule has 0 aliphatic carbocycles. The number of carbonyl (C=O) groups is 2. The molecule has 1 atom stereocenters. The number of ether oxygens (including phenoxy) is 1. The van der Waals surface area contributed by atoms with Crippen LogP contribution in [-0.4, -0.2) is 26.8 Å². The number of rotatable bonds is 7. The van der Waals surface area contributed by atoms with Crippen LogP contribution < -0.4 is 9.62 Å². The van der Waals surface area contributed by atoms with Gasteiger partial charge < -0.3 is 10.1 Å². The molecule has 0 spiro atoms. The van der Waals surface area contributed by atoms with E-state index >= 15 is 0 Å². The first kappa shape index (κ1) is 26.7. The van der Waals surface area contributed by atoms with E-state index in [9.17, 15) is 18.0 Å². The van der Waals surface area contributed by atoms with E-state index in [2.05, 4.69) is 5.32 Å². The van der Waals surface area contributed by atoms with Gasteiger partial charge in [0.15, 0.2) is 0 Å². The Morgan fingerprint density at radius 2 is 1.54 bits per heavy atom. The van der Waals surface area contributed by atoms with Crippen LogP contribution in [0.4, 0.5) is 11.4 Å². The van der Waals surface area contributed by atoms with Crippen LogP contribution >= 0.6 is 23.2 Å². The van der Waals surface area contributed by atoms with E-state index in [4.69, 9.17) is 27.9 Å². The molecule has 1 amide bonds. The van der Waals surface area contributed by atoms with Crippen LogP contribution in [0.25, 0.3) is 0 Å². The number of sulfonamides is 1. The summed E-state index contributed by atoms with van der Waals surface area (Å²) in [6.07, 6.45) is -0.731. The Hall–Kier alpha value is -3.85. The molecule has 0 bridgehead atoms. The summed E-state index contributed by atoms with van der Waals surface area (Å²) < 4.78 is 33.9. The molecule has 1 N–H and O–H groups in total. The number of benzene rings is 4. The van der Waals surface area contributed by atoms with Gasteiger partial charge in [-0.1, -0.05) is 77.8 Å². The van der Waals surface area contributed by atoms with Crippen molar-refractivity contribution >= 4 is 56.5 Å². The van der Waals surface area contributed by atoms with Gasteiger partial charge in [0.05, 0.1) is 16.1 Å². The lowest BCUT2D eigenvalue weighted by molar-refractivity contribution is -0.125. The lowest BCUT2D eigenvalue weighted by Gasteiger charge is -2.20. The topological polar surface area (TPSA) is 92.8 Å². The van der Waals surface area contributed by atoms with Crippen molar-refractivity contribution in [2.75, 3.05) is 16.2 Å². The Bertz CT molecular complexity index is 1640. The lowest BCUT2D eigenvalue weighted by atomic mass is 10.1. The van der Waals surface area contributed by atoms with Gasteiger partial charge in [0, 0.05) is 27.8 Å². The Morgan fingerprint density at radius 3 is 2.28 bits per heavy atom. The average molecular weight is 581 g/mol. The number of nitrogens with zero attached hydrogens (tertiary/aromatic N) is 1. The van der Waals surface area contributed by atoms with Crippen molar-refractivity contribution in [2.45, 2.75) is 17.4 Å². The first-order valence-corrected chi connectivity index (χ1v) is 14.2. The van der Waals surface area contributed by atoms with Crippen molar-refractivity contribution in [1.82, 2.24) is 0 Å². The molecule has 198 valence electrons. The van der Waals surface area contributed by atoms with E-state index < -0.39 is 28.0 Å². The van der Waals surface area contributed by atoms with Crippen molar-refractivity contribution in [3.05, 3.63) is 124 Å². The lowest BCUT2D eigenvalue weighted by Crippen LogP contribution is -2.29. The molecule has 4 aromatic carbocycles. The van der Waals surface area contributed by atoms with Gasteiger partial charge in [0.2, 0.25) is 6.10 Å². The van der Waals surface area contributed by atoms with Gasteiger partial charge in [-0.25, -0.2) is 13.2 Å². The summed E-state index contributed by atoms with van der Waals surface area (Å²) in [6.45, 7) is 0.306. The molecule has 39 heavy (non-hydrogen) atoms. The maximum absolute atomic E-state index is 13.5. The fraction of sp³-hybridized carbons (Fsp3) is 0.103. The van der Waals surface area contributed by atoms with E-state index in [1.54, 1.807) is 42.5 Å². The van der Waals surface area contributed by atoms with Gasteiger partial charge in [-0.05, 0) is 54.4 Å². The standard InChI is InChI=1S/C29H22Cl2N2O5S/c30-22-16-23(31)18-24(17-22)32-28(34)27(20-8-2-1-3-9-20)38-29(35)21-10-6-11-25(15-21)39(36,37)33-14-13-19-7-4-5-12-26(19)33/h1-12,15-18,27H,13-14H2,(H,32,34). The van der Waals surface area contributed by atoms with Crippen LogP contribution in [-0.2, 0) is 26.0 Å². The molecule has 7 nitrogen and oxygen atoms in total. The molecule has 5 rings (SSSR count). The van der Waals surface area contributed by atoms with Gasteiger partial charge in [-0.2, -0.15) is 0 Å². The maximum Gasteiger partial charge on any atom is 0.339 e. The SMILES string of the molecule is O=C(OC(C(=O)Nc1cc(Cl)cc(Cl)c1)c1ccccc1)c1cccc(S(=O)(=O)N2CCc3ccccc32)c1. The van der Waals surface area contributed by atoms with Crippen molar-refractivity contribution < 1.29 is 22.7 Å². The molecule has 4 aromatic rings. The summed E-state index contributed by atoms with van der Waals surface area (Å²) in [5.41, 5.74) is 2.30. The third-order valence-electron chi connectivity index (χ3n) is 6.20. The molecule has 0 radical (unpaired) electrons. The van der Waals surface area contributed by atoms with Gasteiger partial charge in [-0.15, -0.1) is 0 Å². The number of para-hydroxylation sites is 1. The number of hydrogen-bond acceptors (Lipinski definition) is 5. The number of amides is 1. The third-order valence-corrected chi connectivity index (χ3v) is 8.44. The third kappa shape index (κ3) is 5.78. The summed E-state index contributed by atoms with van der Waals surface area (Å²) in [6, 6.07) is 25.9. The van der Waals surface area contributed by atoms with E-state index in [0.29, 0.717) is 39.9 Å². The first-order valence-electron chi connectivity index (χ1n) is 12.0. The number of anilines is 2. The van der Waals surface area contributed by atoms with Crippen LogP contribution in [0.2, 0.25) is 10.0 Å². The smallest absolute Gasteiger partial charge is 0.339 e. The highest BCUT2D eigenvalue weighted by atomic mass is 35.5. The van der Waals surface area contributed by atoms with Crippen LogP contribution in [0.15, 0.2) is 102 Å². The molecular weight excluding hydrogens is 559 g/mol. The summed E-state index contributed by atoms with van der Waals surface area (Å²) >= 11 is 12.1. The van der Waals surface area contributed by atoms with Crippen LogP contribution in [0, 0.1) is 0 Å².